The first-order valence-electron chi connectivity index (χ1n) is 10.2. The van der Waals surface area contributed by atoms with E-state index in [1.54, 1.807) is 6.07 Å². The van der Waals surface area contributed by atoms with Crippen molar-refractivity contribution in [3.63, 3.8) is 0 Å². The number of carbonyl (C=O) groups is 2. The summed E-state index contributed by atoms with van der Waals surface area (Å²) >= 11 is 0. The molecule has 2 atom stereocenters. The van der Waals surface area contributed by atoms with Crippen molar-refractivity contribution < 1.29 is 9.59 Å². The summed E-state index contributed by atoms with van der Waals surface area (Å²) in [4.78, 5) is 29.5. The first-order chi connectivity index (χ1) is 14.5. The van der Waals surface area contributed by atoms with Crippen LogP contribution in [0.2, 0.25) is 0 Å². The van der Waals surface area contributed by atoms with Crippen molar-refractivity contribution >= 4 is 28.9 Å². The molecule has 0 aromatic heterocycles. The normalized spacial score (nSPS) is 19.9. The van der Waals surface area contributed by atoms with Gasteiger partial charge in [0.2, 0.25) is 5.91 Å². The number of benzene rings is 3. The zero-order chi connectivity index (χ0) is 20.8. The number of carbonyl (C=O) groups excluding carboxylic acids is 2. The predicted molar refractivity (Wildman–Crippen MR) is 119 cm³/mol. The standard InChI is InChI=1S/C25H23N3O2/c1-16-24(29)26-21-14-18(12-13-23(21)27(16)2)25(30)28-15-20(17-8-4-3-5-9-17)19-10-6-7-11-22(19)28/h3-14,16,20H,15H2,1-2H3,(H,26,29). The average molecular weight is 397 g/mol. The molecule has 0 saturated carbocycles. The van der Waals surface area contributed by atoms with Crippen molar-refractivity contribution in [2.45, 2.75) is 18.9 Å². The van der Waals surface area contributed by atoms with Gasteiger partial charge in [0, 0.05) is 30.8 Å². The van der Waals surface area contributed by atoms with E-state index in [2.05, 4.69) is 23.5 Å². The van der Waals surface area contributed by atoms with Gasteiger partial charge in [0.15, 0.2) is 0 Å². The SMILES string of the molecule is CC1C(=O)Nc2cc(C(=O)N3CC(c4ccccc4)c4ccccc43)ccc2N1C. The van der Waals surface area contributed by atoms with Crippen LogP contribution in [0.5, 0.6) is 0 Å². The van der Waals surface area contributed by atoms with Crippen LogP contribution in [0, 0.1) is 0 Å². The largest absolute Gasteiger partial charge is 0.361 e. The third-order valence-electron chi connectivity index (χ3n) is 6.26. The van der Waals surface area contributed by atoms with Crippen molar-refractivity contribution in [1.82, 2.24) is 0 Å². The lowest BCUT2D eigenvalue weighted by atomic mass is 9.93. The number of amides is 2. The van der Waals surface area contributed by atoms with E-state index in [1.807, 2.05) is 72.3 Å². The number of anilines is 3. The minimum absolute atomic E-state index is 0.0563. The second-order valence-electron chi connectivity index (χ2n) is 7.95. The molecule has 2 aliphatic rings. The fourth-order valence-electron chi connectivity index (χ4n) is 4.42. The second-order valence-corrected chi connectivity index (χ2v) is 7.95. The van der Waals surface area contributed by atoms with Crippen molar-refractivity contribution in [3.8, 4) is 0 Å². The van der Waals surface area contributed by atoms with Crippen molar-refractivity contribution in [3.05, 3.63) is 89.5 Å². The summed E-state index contributed by atoms with van der Waals surface area (Å²) in [5.74, 6) is 0.0279. The van der Waals surface area contributed by atoms with Crippen LogP contribution in [0.1, 0.15) is 34.3 Å². The lowest BCUT2D eigenvalue weighted by molar-refractivity contribution is -0.117. The Labute approximate surface area is 175 Å². The molecule has 2 heterocycles. The summed E-state index contributed by atoms with van der Waals surface area (Å²) in [5, 5.41) is 2.93. The molecule has 0 fully saturated rings. The number of likely N-dealkylation sites (N-methyl/N-ethyl adjacent to an activating group) is 1. The lowest BCUT2D eigenvalue weighted by Gasteiger charge is -2.33. The Bertz CT molecular complexity index is 1140. The van der Waals surface area contributed by atoms with Gasteiger partial charge in [0.05, 0.1) is 11.4 Å². The fraction of sp³-hybridized carbons (Fsp3) is 0.200. The minimum Gasteiger partial charge on any atom is -0.361 e. The summed E-state index contributed by atoms with van der Waals surface area (Å²) in [7, 11) is 1.89. The van der Waals surface area contributed by atoms with Crippen LogP contribution in [0.3, 0.4) is 0 Å². The molecule has 0 saturated heterocycles. The first kappa shape index (κ1) is 18.4. The summed E-state index contributed by atoms with van der Waals surface area (Å²) in [6.45, 7) is 2.46. The van der Waals surface area contributed by atoms with Crippen LogP contribution >= 0.6 is 0 Å². The van der Waals surface area contributed by atoms with E-state index < -0.39 is 0 Å². The van der Waals surface area contributed by atoms with Crippen LogP contribution < -0.4 is 15.1 Å². The van der Waals surface area contributed by atoms with Crippen LogP contribution in [0.4, 0.5) is 17.1 Å². The maximum absolute atomic E-state index is 13.5. The van der Waals surface area contributed by atoms with E-state index in [0.29, 0.717) is 17.8 Å². The predicted octanol–water partition coefficient (Wildman–Crippen LogP) is 4.26. The Kier molecular flexibility index (Phi) is 4.31. The Balaban J connectivity index is 1.50. The molecule has 0 spiro atoms. The van der Waals surface area contributed by atoms with Crippen LogP contribution in [-0.4, -0.2) is 31.4 Å². The van der Waals surface area contributed by atoms with E-state index in [0.717, 1.165) is 16.9 Å². The highest BCUT2D eigenvalue weighted by Gasteiger charge is 2.34. The number of nitrogens with zero attached hydrogens (tertiary/aromatic N) is 2. The topological polar surface area (TPSA) is 52.7 Å². The van der Waals surface area contributed by atoms with Crippen LogP contribution in [-0.2, 0) is 4.79 Å². The third-order valence-corrected chi connectivity index (χ3v) is 6.26. The van der Waals surface area contributed by atoms with E-state index in [-0.39, 0.29) is 23.8 Å². The number of nitrogens with one attached hydrogen (secondary N) is 1. The molecule has 1 N–H and O–H groups in total. The van der Waals surface area contributed by atoms with Gasteiger partial charge in [0.25, 0.3) is 5.91 Å². The van der Waals surface area contributed by atoms with Gasteiger partial charge in [-0.1, -0.05) is 48.5 Å². The molecular formula is C25H23N3O2. The minimum atomic E-state index is -0.240. The van der Waals surface area contributed by atoms with Gasteiger partial charge in [-0.3, -0.25) is 9.59 Å². The van der Waals surface area contributed by atoms with Gasteiger partial charge < -0.3 is 15.1 Å². The Hall–Kier alpha value is -3.60. The smallest absolute Gasteiger partial charge is 0.258 e. The van der Waals surface area contributed by atoms with E-state index >= 15 is 0 Å². The number of hydrogen-bond acceptors (Lipinski definition) is 3. The van der Waals surface area contributed by atoms with E-state index in [4.69, 9.17) is 0 Å². The molecule has 30 heavy (non-hydrogen) atoms. The molecule has 5 nitrogen and oxygen atoms in total. The average Bonchev–Trinajstić information content (AvgIpc) is 3.17. The molecule has 0 aliphatic carbocycles. The summed E-state index contributed by atoms with van der Waals surface area (Å²) < 4.78 is 0. The van der Waals surface area contributed by atoms with Gasteiger partial charge in [-0.25, -0.2) is 0 Å². The molecule has 2 amide bonds. The molecule has 5 rings (SSSR count). The van der Waals surface area contributed by atoms with Gasteiger partial charge in [0.1, 0.15) is 6.04 Å². The van der Waals surface area contributed by atoms with Gasteiger partial charge >= 0.3 is 0 Å². The number of para-hydroxylation sites is 1. The van der Waals surface area contributed by atoms with E-state index in [9.17, 15) is 9.59 Å². The highest BCUT2D eigenvalue weighted by molar-refractivity contribution is 6.10. The summed E-state index contributed by atoms with van der Waals surface area (Å²) in [6.07, 6.45) is 0. The monoisotopic (exact) mass is 397 g/mol. The molecule has 2 unspecified atom stereocenters. The van der Waals surface area contributed by atoms with Gasteiger partial charge in [-0.05, 0) is 42.3 Å². The maximum atomic E-state index is 13.5. The zero-order valence-electron chi connectivity index (χ0n) is 17.0. The molecule has 150 valence electrons. The zero-order valence-corrected chi connectivity index (χ0v) is 17.0. The Morgan fingerprint density at radius 3 is 2.50 bits per heavy atom. The Morgan fingerprint density at radius 1 is 0.967 bits per heavy atom. The second kappa shape index (κ2) is 7.02. The van der Waals surface area contributed by atoms with Gasteiger partial charge in [-0.2, -0.15) is 0 Å². The Morgan fingerprint density at radius 2 is 1.70 bits per heavy atom. The number of fused-ring (bicyclic) bond motifs is 2. The van der Waals surface area contributed by atoms with Crippen molar-refractivity contribution in [2.24, 2.45) is 0 Å². The molecule has 0 radical (unpaired) electrons. The maximum Gasteiger partial charge on any atom is 0.258 e. The molecule has 3 aromatic carbocycles. The molecule has 0 bridgehead atoms. The highest BCUT2D eigenvalue weighted by Crippen LogP contribution is 2.41. The summed E-state index contributed by atoms with van der Waals surface area (Å²) in [6, 6.07) is 23.7. The number of hydrogen-bond donors (Lipinski definition) is 1. The lowest BCUT2D eigenvalue weighted by Crippen LogP contribution is -2.44. The highest BCUT2D eigenvalue weighted by atomic mass is 16.2. The van der Waals surface area contributed by atoms with Crippen molar-refractivity contribution in [2.75, 3.05) is 28.7 Å². The quantitative estimate of drug-likeness (QED) is 0.703. The third kappa shape index (κ3) is 2.86. The van der Waals surface area contributed by atoms with E-state index in [1.165, 1.54) is 5.56 Å². The molecule has 3 aromatic rings. The molecule has 2 aliphatic heterocycles. The molecular weight excluding hydrogens is 374 g/mol. The van der Waals surface area contributed by atoms with Gasteiger partial charge in [-0.15, -0.1) is 0 Å². The van der Waals surface area contributed by atoms with Crippen LogP contribution in [0.25, 0.3) is 0 Å². The molecule has 5 heteroatoms. The first-order valence-corrected chi connectivity index (χ1v) is 10.2. The number of rotatable bonds is 2. The van der Waals surface area contributed by atoms with Crippen molar-refractivity contribution in [1.29, 1.82) is 0 Å². The fourth-order valence-corrected chi connectivity index (χ4v) is 4.42. The summed E-state index contributed by atoms with van der Waals surface area (Å²) in [5.41, 5.74) is 5.48. The van der Waals surface area contributed by atoms with Crippen LogP contribution in [0.15, 0.2) is 72.8 Å².